The number of hydrogen-bond donors (Lipinski definition) is 2. The molecule has 1 aromatic heterocycles. The minimum Gasteiger partial charge on any atom is -0.397 e. The van der Waals surface area contributed by atoms with E-state index in [0.717, 1.165) is 17.8 Å². The molecule has 0 spiro atoms. The Morgan fingerprint density at radius 2 is 2.00 bits per heavy atom. The van der Waals surface area contributed by atoms with E-state index in [1.807, 2.05) is 28.9 Å². The summed E-state index contributed by atoms with van der Waals surface area (Å²) in [6.07, 6.45) is 1.78. The second-order valence-electron chi connectivity index (χ2n) is 3.38. The van der Waals surface area contributed by atoms with Gasteiger partial charge >= 0.3 is 0 Å². The summed E-state index contributed by atoms with van der Waals surface area (Å²) in [6.45, 7) is 2.89. The maximum Gasteiger partial charge on any atom is 0.0682 e. The Morgan fingerprint density at radius 1 is 1.20 bits per heavy atom. The molecule has 0 fully saturated rings. The number of aryl methyl sites for hydroxylation is 1. The second kappa shape index (κ2) is 3.65. The van der Waals surface area contributed by atoms with E-state index < -0.39 is 0 Å². The van der Waals surface area contributed by atoms with Crippen molar-refractivity contribution < 1.29 is 0 Å². The van der Waals surface area contributed by atoms with Crippen molar-refractivity contribution in [2.45, 2.75) is 13.5 Å². The van der Waals surface area contributed by atoms with Crippen LogP contribution in [0.3, 0.4) is 0 Å². The first-order valence-electron chi connectivity index (χ1n) is 4.89. The summed E-state index contributed by atoms with van der Waals surface area (Å²) in [5.74, 6) is 0. The monoisotopic (exact) mass is 202 g/mol. The number of rotatable bonds is 2. The number of hydrogen-bond acceptors (Lipinski definition) is 3. The zero-order valence-corrected chi connectivity index (χ0v) is 8.64. The van der Waals surface area contributed by atoms with Crippen molar-refractivity contribution in [3.8, 4) is 11.3 Å². The van der Waals surface area contributed by atoms with E-state index in [2.05, 4.69) is 12.0 Å². The van der Waals surface area contributed by atoms with Gasteiger partial charge in [0.2, 0.25) is 0 Å². The minimum atomic E-state index is 0.608. The molecular formula is C11H14N4. The maximum atomic E-state index is 5.76. The number of aromatic nitrogens is 2. The number of nitrogen functional groups attached to an aromatic ring is 2. The van der Waals surface area contributed by atoms with Gasteiger partial charge in [-0.25, -0.2) is 0 Å². The molecule has 0 aliphatic rings. The molecule has 0 aliphatic carbocycles. The first kappa shape index (κ1) is 9.58. The van der Waals surface area contributed by atoms with Crippen molar-refractivity contribution in [3.63, 3.8) is 0 Å². The number of nitrogens with two attached hydrogens (primary N) is 2. The van der Waals surface area contributed by atoms with Crippen LogP contribution in [0.5, 0.6) is 0 Å². The van der Waals surface area contributed by atoms with Gasteiger partial charge in [0.25, 0.3) is 0 Å². The van der Waals surface area contributed by atoms with Crippen LogP contribution in [0, 0.1) is 0 Å². The molecule has 4 nitrogen and oxygen atoms in total. The topological polar surface area (TPSA) is 69.9 Å². The predicted molar refractivity (Wildman–Crippen MR) is 62.2 cm³/mol. The van der Waals surface area contributed by atoms with E-state index in [4.69, 9.17) is 11.5 Å². The first-order chi connectivity index (χ1) is 7.22. The summed E-state index contributed by atoms with van der Waals surface area (Å²) in [4.78, 5) is 0. The van der Waals surface area contributed by atoms with Gasteiger partial charge < -0.3 is 11.5 Å². The van der Waals surface area contributed by atoms with Crippen molar-refractivity contribution in [3.05, 3.63) is 30.5 Å². The molecule has 0 saturated carbocycles. The molecule has 2 rings (SSSR count). The van der Waals surface area contributed by atoms with Crippen LogP contribution in [0.15, 0.2) is 30.5 Å². The third-order valence-electron chi connectivity index (χ3n) is 2.40. The van der Waals surface area contributed by atoms with E-state index in [1.165, 1.54) is 0 Å². The molecule has 78 valence electrons. The highest BCUT2D eigenvalue weighted by molar-refractivity contribution is 5.72. The third-order valence-corrected chi connectivity index (χ3v) is 2.40. The van der Waals surface area contributed by atoms with E-state index in [1.54, 1.807) is 6.20 Å². The van der Waals surface area contributed by atoms with Crippen LogP contribution in [0.25, 0.3) is 11.3 Å². The van der Waals surface area contributed by atoms with Gasteiger partial charge in [0.15, 0.2) is 0 Å². The summed E-state index contributed by atoms with van der Waals surface area (Å²) < 4.78 is 1.92. The molecule has 2 aromatic rings. The first-order valence-corrected chi connectivity index (χ1v) is 4.89. The molecular weight excluding hydrogens is 188 g/mol. The Labute approximate surface area is 88.5 Å². The zero-order valence-electron chi connectivity index (χ0n) is 8.64. The lowest BCUT2D eigenvalue weighted by Crippen LogP contribution is -2.00. The second-order valence-corrected chi connectivity index (χ2v) is 3.38. The average Bonchev–Trinajstić information content (AvgIpc) is 2.70. The molecule has 15 heavy (non-hydrogen) atoms. The highest BCUT2D eigenvalue weighted by Gasteiger charge is 2.05. The van der Waals surface area contributed by atoms with Gasteiger partial charge in [0.05, 0.1) is 17.1 Å². The Kier molecular flexibility index (Phi) is 2.33. The van der Waals surface area contributed by atoms with Crippen LogP contribution in [-0.4, -0.2) is 9.78 Å². The predicted octanol–water partition coefficient (Wildman–Crippen LogP) is 1.73. The molecule has 0 unspecified atom stereocenters. The van der Waals surface area contributed by atoms with Gasteiger partial charge in [0.1, 0.15) is 0 Å². The van der Waals surface area contributed by atoms with Crippen LogP contribution < -0.4 is 11.5 Å². The van der Waals surface area contributed by atoms with Crippen molar-refractivity contribution in [2.24, 2.45) is 0 Å². The normalized spacial score (nSPS) is 10.5. The lowest BCUT2D eigenvalue weighted by molar-refractivity contribution is 0.667. The smallest absolute Gasteiger partial charge is 0.0682 e. The van der Waals surface area contributed by atoms with E-state index in [9.17, 15) is 0 Å². The van der Waals surface area contributed by atoms with Gasteiger partial charge in [-0.3, -0.25) is 4.68 Å². The van der Waals surface area contributed by atoms with Crippen molar-refractivity contribution in [2.75, 3.05) is 11.5 Å². The standard InChI is InChI=1S/C11H14N4/c1-2-15-11(5-6-14-15)8-3-4-9(12)10(13)7-8/h3-7H,2,12-13H2,1H3. The molecule has 0 aliphatic heterocycles. The molecule has 0 atom stereocenters. The molecule has 4 N–H and O–H groups in total. The lowest BCUT2D eigenvalue weighted by atomic mass is 10.1. The molecule has 0 saturated heterocycles. The molecule has 0 radical (unpaired) electrons. The van der Waals surface area contributed by atoms with Crippen molar-refractivity contribution in [1.82, 2.24) is 9.78 Å². The summed E-state index contributed by atoms with van der Waals surface area (Å²) >= 11 is 0. The van der Waals surface area contributed by atoms with Gasteiger partial charge in [0, 0.05) is 18.3 Å². The fourth-order valence-electron chi connectivity index (χ4n) is 1.56. The van der Waals surface area contributed by atoms with Crippen molar-refractivity contribution >= 4 is 11.4 Å². The van der Waals surface area contributed by atoms with Crippen LogP contribution >= 0.6 is 0 Å². The largest absolute Gasteiger partial charge is 0.397 e. The lowest BCUT2D eigenvalue weighted by Gasteiger charge is -2.06. The summed E-state index contributed by atoms with van der Waals surface area (Å²) in [6, 6.07) is 7.61. The molecule has 4 heteroatoms. The Balaban J connectivity index is 2.50. The Bertz CT molecular complexity index is 473. The van der Waals surface area contributed by atoms with Crippen molar-refractivity contribution in [1.29, 1.82) is 0 Å². The fraction of sp³-hybridized carbons (Fsp3) is 0.182. The van der Waals surface area contributed by atoms with Crippen LogP contribution in [0.1, 0.15) is 6.92 Å². The van der Waals surface area contributed by atoms with Crippen LogP contribution in [0.2, 0.25) is 0 Å². The van der Waals surface area contributed by atoms with Gasteiger partial charge in [-0.1, -0.05) is 6.07 Å². The quantitative estimate of drug-likeness (QED) is 0.729. The van der Waals surface area contributed by atoms with E-state index >= 15 is 0 Å². The molecule has 0 amide bonds. The SMILES string of the molecule is CCn1nccc1-c1ccc(N)c(N)c1. The molecule has 0 bridgehead atoms. The summed E-state index contributed by atoms with van der Waals surface area (Å²) in [7, 11) is 0. The molecule has 1 aromatic carbocycles. The summed E-state index contributed by atoms with van der Waals surface area (Å²) in [5, 5.41) is 4.21. The minimum absolute atomic E-state index is 0.608. The zero-order chi connectivity index (χ0) is 10.8. The van der Waals surface area contributed by atoms with Crippen LogP contribution in [-0.2, 0) is 6.54 Å². The summed E-state index contributed by atoms with van der Waals surface area (Å²) in [5.41, 5.74) is 14.8. The van der Waals surface area contributed by atoms with E-state index in [0.29, 0.717) is 11.4 Å². The Hall–Kier alpha value is -1.97. The average molecular weight is 202 g/mol. The van der Waals surface area contributed by atoms with Crippen LogP contribution in [0.4, 0.5) is 11.4 Å². The maximum absolute atomic E-state index is 5.76. The third kappa shape index (κ3) is 1.66. The highest BCUT2D eigenvalue weighted by atomic mass is 15.3. The highest BCUT2D eigenvalue weighted by Crippen LogP contribution is 2.24. The Morgan fingerprint density at radius 3 is 2.67 bits per heavy atom. The molecule has 1 heterocycles. The van der Waals surface area contributed by atoms with Gasteiger partial charge in [-0.05, 0) is 25.1 Å². The van der Waals surface area contributed by atoms with E-state index in [-0.39, 0.29) is 0 Å². The van der Waals surface area contributed by atoms with Gasteiger partial charge in [-0.15, -0.1) is 0 Å². The fourth-order valence-corrected chi connectivity index (χ4v) is 1.56. The van der Waals surface area contributed by atoms with Gasteiger partial charge in [-0.2, -0.15) is 5.10 Å². The number of nitrogens with zero attached hydrogens (tertiary/aromatic N) is 2. The number of anilines is 2. The number of benzene rings is 1.